The molecule has 0 radical (unpaired) electrons. The van der Waals surface area contributed by atoms with Crippen LogP contribution in [0.1, 0.15) is 0 Å². The van der Waals surface area contributed by atoms with Gasteiger partial charge in [0.25, 0.3) is 0 Å². The Morgan fingerprint density at radius 1 is 1.60 bits per heavy atom. The molecule has 0 aliphatic carbocycles. The first-order chi connectivity index (χ1) is 4.81. The van der Waals surface area contributed by atoms with E-state index >= 15 is 0 Å². The minimum absolute atomic E-state index is 0.661. The lowest BCUT2D eigenvalue weighted by Gasteiger charge is -2.05. The third-order valence-electron chi connectivity index (χ3n) is 0.804. The van der Waals surface area contributed by atoms with E-state index in [-0.39, 0.29) is 0 Å². The molecule has 0 bridgehead atoms. The zero-order valence-electron chi connectivity index (χ0n) is 5.76. The highest BCUT2D eigenvalue weighted by atomic mass is 32.1. The van der Waals surface area contributed by atoms with Crippen LogP contribution in [-0.4, -0.2) is 24.0 Å². The van der Waals surface area contributed by atoms with Crippen LogP contribution in [0.15, 0.2) is 12.7 Å². The second-order valence-electron chi connectivity index (χ2n) is 1.65. The molecule has 0 aliphatic rings. The average molecular weight is 176 g/mol. The monoisotopic (exact) mass is 176 g/mol. The number of thiol groups is 1. The third kappa shape index (κ3) is 5.91. The molecule has 0 aromatic carbocycles. The minimum atomic E-state index is 0.661. The summed E-state index contributed by atoms with van der Waals surface area (Å²) in [5, 5.41) is 6.56. The summed E-state index contributed by atoms with van der Waals surface area (Å²) >= 11 is 8.90. The van der Waals surface area contributed by atoms with Crippen molar-refractivity contribution in [3.8, 4) is 0 Å². The van der Waals surface area contributed by atoms with Gasteiger partial charge in [0.05, 0.1) is 0 Å². The highest BCUT2D eigenvalue weighted by molar-refractivity contribution is 7.80. The van der Waals surface area contributed by atoms with Gasteiger partial charge in [0.15, 0.2) is 5.11 Å². The van der Waals surface area contributed by atoms with Crippen molar-refractivity contribution in [1.29, 1.82) is 0 Å². The lowest BCUT2D eigenvalue weighted by molar-refractivity contribution is 0.917. The first kappa shape index (κ1) is 9.78. The maximum atomic E-state index is 4.88. The molecular weight excluding hydrogens is 164 g/mol. The maximum absolute atomic E-state index is 4.88. The number of hydrogen-bond acceptors (Lipinski definition) is 2. The Labute approximate surface area is 72.5 Å². The largest absolute Gasteiger partial charge is 0.362 e. The van der Waals surface area contributed by atoms with E-state index in [1.165, 1.54) is 0 Å². The quantitative estimate of drug-likeness (QED) is 0.332. The summed E-state index contributed by atoms with van der Waals surface area (Å²) in [5.41, 5.74) is 0. The van der Waals surface area contributed by atoms with Gasteiger partial charge in [-0.25, -0.2) is 0 Å². The van der Waals surface area contributed by atoms with Gasteiger partial charge in [-0.15, -0.1) is 6.58 Å². The van der Waals surface area contributed by atoms with Crippen molar-refractivity contribution in [2.24, 2.45) is 0 Å². The molecule has 0 saturated carbocycles. The van der Waals surface area contributed by atoms with E-state index in [9.17, 15) is 0 Å². The lowest BCUT2D eigenvalue weighted by Crippen LogP contribution is -2.36. The van der Waals surface area contributed by atoms with Crippen LogP contribution in [0.4, 0.5) is 0 Å². The zero-order chi connectivity index (χ0) is 7.82. The van der Waals surface area contributed by atoms with Gasteiger partial charge in [0.2, 0.25) is 0 Å². The van der Waals surface area contributed by atoms with E-state index in [1.807, 2.05) is 0 Å². The van der Waals surface area contributed by atoms with Crippen molar-refractivity contribution in [3.63, 3.8) is 0 Å². The van der Waals surface area contributed by atoms with E-state index in [1.54, 1.807) is 6.08 Å². The van der Waals surface area contributed by atoms with Crippen LogP contribution in [0.25, 0.3) is 0 Å². The molecule has 0 fully saturated rings. The van der Waals surface area contributed by atoms with Crippen molar-refractivity contribution < 1.29 is 0 Å². The lowest BCUT2D eigenvalue weighted by atomic mass is 10.6. The van der Waals surface area contributed by atoms with Gasteiger partial charge in [0, 0.05) is 18.8 Å². The van der Waals surface area contributed by atoms with E-state index in [0.717, 1.165) is 12.3 Å². The maximum Gasteiger partial charge on any atom is 0.166 e. The molecule has 58 valence electrons. The van der Waals surface area contributed by atoms with Gasteiger partial charge in [-0.1, -0.05) is 6.08 Å². The Morgan fingerprint density at radius 3 is 2.80 bits per heavy atom. The second kappa shape index (κ2) is 6.89. The summed E-state index contributed by atoms with van der Waals surface area (Å²) in [5.74, 6) is 0.788. The van der Waals surface area contributed by atoms with E-state index in [4.69, 9.17) is 12.2 Å². The molecule has 0 saturated heterocycles. The van der Waals surface area contributed by atoms with Gasteiger partial charge in [-0.05, 0) is 12.2 Å². The van der Waals surface area contributed by atoms with Gasteiger partial charge >= 0.3 is 0 Å². The molecule has 0 atom stereocenters. The van der Waals surface area contributed by atoms with Crippen LogP contribution in [0.2, 0.25) is 0 Å². The molecule has 0 aromatic rings. The fourth-order valence-corrected chi connectivity index (χ4v) is 0.694. The van der Waals surface area contributed by atoms with E-state index < -0.39 is 0 Å². The van der Waals surface area contributed by atoms with Gasteiger partial charge in [0.1, 0.15) is 0 Å². The summed E-state index contributed by atoms with van der Waals surface area (Å²) in [6.45, 7) is 5.05. The van der Waals surface area contributed by atoms with Gasteiger partial charge < -0.3 is 10.6 Å². The molecule has 0 aromatic heterocycles. The van der Waals surface area contributed by atoms with Crippen LogP contribution in [-0.2, 0) is 0 Å². The first-order valence-corrected chi connectivity index (χ1v) is 4.08. The minimum Gasteiger partial charge on any atom is -0.362 e. The van der Waals surface area contributed by atoms with Crippen LogP contribution in [0.3, 0.4) is 0 Å². The van der Waals surface area contributed by atoms with Crippen LogP contribution >= 0.6 is 24.8 Å². The normalized spacial score (nSPS) is 8.50. The molecular formula is C6H12N2S2. The van der Waals surface area contributed by atoms with Crippen molar-refractivity contribution in [1.82, 2.24) is 10.6 Å². The summed E-state index contributed by atoms with van der Waals surface area (Å²) in [6, 6.07) is 0. The summed E-state index contributed by atoms with van der Waals surface area (Å²) in [7, 11) is 0. The molecule has 2 N–H and O–H groups in total. The predicted octanol–water partition coefficient (Wildman–Crippen LogP) is 0.566. The average Bonchev–Trinajstić information content (AvgIpc) is 1.97. The summed E-state index contributed by atoms with van der Waals surface area (Å²) < 4.78 is 0. The smallest absolute Gasteiger partial charge is 0.166 e. The SMILES string of the molecule is C=CCNC(=S)NCCS. The highest BCUT2D eigenvalue weighted by Gasteiger charge is 1.88. The molecule has 0 unspecified atom stereocenters. The predicted molar refractivity (Wildman–Crippen MR) is 52.7 cm³/mol. The Kier molecular flexibility index (Phi) is 6.74. The molecule has 0 aliphatic heterocycles. The molecule has 0 amide bonds. The highest BCUT2D eigenvalue weighted by Crippen LogP contribution is 1.70. The Bertz CT molecular complexity index is 114. The number of thiocarbonyl (C=S) groups is 1. The van der Waals surface area contributed by atoms with Crippen LogP contribution in [0, 0.1) is 0 Å². The number of nitrogens with one attached hydrogen (secondary N) is 2. The molecule has 0 spiro atoms. The number of hydrogen-bond donors (Lipinski definition) is 3. The van der Waals surface area contributed by atoms with Gasteiger partial charge in [-0.3, -0.25) is 0 Å². The Hall–Kier alpha value is -0.220. The van der Waals surface area contributed by atoms with Crippen LogP contribution < -0.4 is 10.6 Å². The second-order valence-corrected chi connectivity index (χ2v) is 2.50. The van der Waals surface area contributed by atoms with Crippen molar-refractivity contribution in [2.45, 2.75) is 0 Å². The van der Waals surface area contributed by atoms with E-state index in [0.29, 0.717) is 11.7 Å². The van der Waals surface area contributed by atoms with E-state index in [2.05, 4.69) is 29.8 Å². The van der Waals surface area contributed by atoms with Crippen molar-refractivity contribution in [3.05, 3.63) is 12.7 Å². The molecule has 4 heteroatoms. The fraction of sp³-hybridized carbons (Fsp3) is 0.500. The topological polar surface area (TPSA) is 24.1 Å². The zero-order valence-corrected chi connectivity index (χ0v) is 7.47. The molecule has 0 rings (SSSR count). The van der Waals surface area contributed by atoms with Crippen LogP contribution in [0.5, 0.6) is 0 Å². The first-order valence-electron chi connectivity index (χ1n) is 3.04. The van der Waals surface area contributed by atoms with Crippen molar-refractivity contribution in [2.75, 3.05) is 18.8 Å². The third-order valence-corrected chi connectivity index (χ3v) is 1.32. The fourth-order valence-electron chi connectivity index (χ4n) is 0.397. The van der Waals surface area contributed by atoms with Crippen molar-refractivity contribution >= 4 is 30.0 Å². The van der Waals surface area contributed by atoms with Gasteiger partial charge in [-0.2, -0.15) is 12.6 Å². The number of rotatable bonds is 4. The standard InChI is InChI=1S/C6H12N2S2/c1-2-3-7-6(10)8-4-5-9/h2,9H,1,3-5H2,(H2,7,8,10). The Morgan fingerprint density at radius 2 is 2.30 bits per heavy atom. The summed E-state index contributed by atoms with van der Waals surface area (Å²) in [4.78, 5) is 0. The summed E-state index contributed by atoms with van der Waals surface area (Å²) in [6.07, 6.45) is 1.76. The molecule has 2 nitrogen and oxygen atoms in total. The Balaban J connectivity index is 3.16. The molecule has 0 heterocycles. The molecule has 10 heavy (non-hydrogen) atoms.